The number of nitrogens with one attached hydrogen (secondary N) is 1. The smallest absolute Gasteiger partial charge is 0.270 e. The second-order valence-corrected chi connectivity index (χ2v) is 7.45. The molecule has 0 bridgehead atoms. The number of nitro groups is 1. The van der Waals surface area contributed by atoms with Crippen molar-refractivity contribution in [1.82, 2.24) is 5.32 Å². The van der Waals surface area contributed by atoms with E-state index in [0.717, 1.165) is 5.75 Å². The Labute approximate surface area is 181 Å². The van der Waals surface area contributed by atoms with E-state index in [2.05, 4.69) is 10.3 Å². The predicted molar refractivity (Wildman–Crippen MR) is 119 cm³/mol. The third-order valence-corrected chi connectivity index (χ3v) is 5.18. The van der Waals surface area contributed by atoms with Gasteiger partial charge in [-0.25, -0.2) is 4.99 Å². The summed E-state index contributed by atoms with van der Waals surface area (Å²) in [5, 5.41) is 14.2. The normalized spacial score (nSPS) is 16.0. The van der Waals surface area contributed by atoms with Crippen LogP contribution in [0.4, 0.5) is 11.4 Å². The number of furan rings is 1. The Morgan fingerprint density at radius 2 is 2.00 bits per heavy atom. The van der Waals surface area contributed by atoms with Crippen molar-refractivity contribution in [2.75, 3.05) is 6.61 Å². The highest BCUT2D eigenvalue weighted by atomic mass is 32.2. The van der Waals surface area contributed by atoms with E-state index in [9.17, 15) is 14.9 Å². The van der Waals surface area contributed by atoms with Crippen molar-refractivity contribution in [3.05, 3.63) is 81.4 Å². The molecule has 2 heterocycles. The topological polar surface area (TPSA) is 107 Å². The number of hydrogen-bond donors (Lipinski definition) is 1. The van der Waals surface area contributed by atoms with Crippen LogP contribution >= 0.6 is 11.8 Å². The molecule has 0 unspecified atom stereocenters. The SMILES string of the molecule is CCOc1ccc(N=C2NC(=O)/C(=C\c3ccc(-c4cccc([N+](=O)[O-])c4)o3)S2)cc1. The fourth-order valence-corrected chi connectivity index (χ4v) is 3.69. The summed E-state index contributed by atoms with van der Waals surface area (Å²) in [6, 6.07) is 16.8. The van der Waals surface area contributed by atoms with Crippen molar-refractivity contribution in [2.45, 2.75) is 6.92 Å². The number of carbonyl (C=O) groups excluding carboxylic acids is 1. The van der Waals surface area contributed by atoms with Gasteiger partial charge in [0.15, 0.2) is 5.17 Å². The van der Waals surface area contributed by atoms with Gasteiger partial charge < -0.3 is 14.5 Å². The number of carbonyl (C=O) groups is 1. The van der Waals surface area contributed by atoms with Crippen LogP contribution in [-0.4, -0.2) is 22.6 Å². The van der Waals surface area contributed by atoms with Gasteiger partial charge in [0.1, 0.15) is 17.3 Å². The second kappa shape index (κ2) is 8.88. The number of thioether (sulfide) groups is 1. The molecule has 0 aliphatic carbocycles. The van der Waals surface area contributed by atoms with E-state index in [1.165, 1.54) is 23.9 Å². The lowest BCUT2D eigenvalue weighted by Gasteiger charge is -2.02. The van der Waals surface area contributed by atoms with Gasteiger partial charge in [0.25, 0.3) is 11.6 Å². The van der Waals surface area contributed by atoms with Gasteiger partial charge >= 0.3 is 0 Å². The number of non-ortho nitro benzene ring substituents is 1. The number of ether oxygens (including phenoxy) is 1. The average molecular weight is 435 g/mol. The average Bonchev–Trinajstić information content (AvgIpc) is 3.37. The van der Waals surface area contributed by atoms with Gasteiger partial charge in [0.05, 0.1) is 22.1 Å². The number of benzene rings is 2. The molecule has 156 valence electrons. The Kier molecular flexibility index (Phi) is 5.85. The molecular formula is C22H17N3O5S. The van der Waals surface area contributed by atoms with Gasteiger partial charge in [-0.3, -0.25) is 14.9 Å². The van der Waals surface area contributed by atoms with Crippen LogP contribution in [0.2, 0.25) is 0 Å². The minimum Gasteiger partial charge on any atom is -0.494 e. The number of nitro benzene ring substituents is 1. The molecule has 1 aliphatic rings. The lowest BCUT2D eigenvalue weighted by atomic mass is 10.1. The summed E-state index contributed by atoms with van der Waals surface area (Å²) in [5.74, 6) is 1.42. The molecule has 3 aromatic rings. The lowest BCUT2D eigenvalue weighted by Crippen LogP contribution is -2.19. The fourth-order valence-electron chi connectivity index (χ4n) is 2.87. The molecule has 4 rings (SSSR count). The van der Waals surface area contributed by atoms with E-state index in [1.54, 1.807) is 30.3 Å². The van der Waals surface area contributed by atoms with Crippen molar-refractivity contribution in [3.8, 4) is 17.1 Å². The van der Waals surface area contributed by atoms with Crippen LogP contribution in [0.3, 0.4) is 0 Å². The third kappa shape index (κ3) is 4.84. The van der Waals surface area contributed by atoms with Gasteiger partial charge in [0, 0.05) is 23.8 Å². The largest absolute Gasteiger partial charge is 0.494 e. The first-order chi connectivity index (χ1) is 15.0. The molecule has 9 heteroatoms. The van der Waals surface area contributed by atoms with E-state index in [-0.39, 0.29) is 11.6 Å². The number of rotatable bonds is 6. The number of amidine groups is 1. The van der Waals surface area contributed by atoms with Gasteiger partial charge in [-0.1, -0.05) is 12.1 Å². The highest BCUT2D eigenvalue weighted by molar-refractivity contribution is 8.18. The molecule has 0 radical (unpaired) electrons. The molecule has 0 spiro atoms. The molecule has 8 nitrogen and oxygen atoms in total. The molecular weight excluding hydrogens is 418 g/mol. The van der Waals surface area contributed by atoms with Crippen LogP contribution < -0.4 is 10.1 Å². The van der Waals surface area contributed by atoms with E-state index < -0.39 is 4.92 Å². The molecule has 1 aromatic heterocycles. The van der Waals surface area contributed by atoms with Crippen LogP contribution in [0.15, 0.2) is 75.0 Å². The maximum Gasteiger partial charge on any atom is 0.270 e. The first-order valence-electron chi connectivity index (χ1n) is 9.39. The van der Waals surface area contributed by atoms with Crippen LogP contribution in [0, 0.1) is 10.1 Å². The zero-order chi connectivity index (χ0) is 21.8. The van der Waals surface area contributed by atoms with Crippen LogP contribution in [0.25, 0.3) is 17.4 Å². The molecule has 1 saturated heterocycles. The summed E-state index contributed by atoms with van der Waals surface area (Å²) in [4.78, 5) is 27.7. The molecule has 31 heavy (non-hydrogen) atoms. The summed E-state index contributed by atoms with van der Waals surface area (Å²) in [6.07, 6.45) is 1.61. The van der Waals surface area contributed by atoms with Crippen molar-refractivity contribution < 1.29 is 18.9 Å². The standard InChI is InChI=1S/C22H17N3O5S/c1-2-29-17-8-6-15(7-9-17)23-22-24-21(26)20(31-22)13-18-10-11-19(30-18)14-4-3-5-16(12-14)25(27)28/h3-13H,2H2,1H3,(H,23,24,26)/b20-13+. The molecule has 1 N–H and O–H groups in total. The molecule has 1 fully saturated rings. The van der Waals surface area contributed by atoms with Crippen LogP contribution in [0.5, 0.6) is 5.75 Å². The Bertz CT molecular complexity index is 1200. The van der Waals surface area contributed by atoms with Gasteiger partial charge in [-0.05, 0) is 55.1 Å². The zero-order valence-electron chi connectivity index (χ0n) is 16.4. The maximum absolute atomic E-state index is 12.3. The summed E-state index contributed by atoms with van der Waals surface area (Å²) in [5.41, 5.74) is 1.26. The number of nitrogens with zero attached hydrogens (tertiary/aromatic N) is 2. The summed E-state index contributed by atoms with van der Waals surface area (Å²) < 4.78 is 11.2. The lowest BCUT2D eigenvalue weighted by molar-refractivity contribution is -0.384. The van der Waals surface area contributed by atoms with Crippen molar-refractivity contribution >= 4 is 40.3 Å². The molecule has 0 atom stereocenters. The Morgan fingerprint density at radius 1 is 1.19 bits per heavy atom. The highest BCUT2D eigenvalue weighted by Gasteiger charge is 2.24. The van der Waals surface area contributed by atoms with Gasteiger partial charge in [-0.15, -0.1) is 0 Å². The quantitative estimate of drug-likeness (QED) is 0.326. The highest BCUT2D eigenvalue weighted by Crippen LogP contribution is 2.31. The van der Waals surface area contributed by atoms with E-state index in [0.29, 0.717) is 39.5 Å². The third-order valence-electron chi connectivity index (χ3n) is 4.27. The summed E-state index contributed by atoms with van der Waals surface area (Å²) in [6.45, 7) is 2.50. The van der Waals surface area contributed by atoms with Crippen molar-refractivity contribution in [2.24, 2.45) is 4.99 Å². The summed E-state index contributed by atoms with van der Waals surface area (Å²) >= 11 is 1.20. The zero-order valence-corrected chi connectivity index (χ0v) is 17.2. The Morgan fingerprint density at radius 3 is 2.74 bits per heavy atom. The fraction of sp³-hybridized carbons (Fsp3) is 0.0909. The predicted octanol–water partition coefficient (Wildman–Crippen LogP) is 5.15. The van der Waals surface area contributed by atoms with E-state index >= 15 is 0 Å². The molecule has 1 aliphatic heterocycles. The summed E-state index contributed by atoms with van der Waals surface area (Å²) in [7, 11) is 0. The number of hydrogen-bond acceptors (Lipinski definition) is 7. The minimum absolute atomic E-state index is 0.0188. The van der Waals surface area contributed by atoms with E-state index in [1.807, 2.05) is 31.2 Å². The minimum atomic E-state index is -0.458. The number of aliphatic imine (C=N–C) groups is 1. The van der Waals surface area contributed by atoms with Gasteiger partial charge in [0.2, 0.25) is 0 Å². The molecule has 1 amide bonds. The Hall–Kier alpha value is -3.85. The van der Waals surface area contributed by atoms with Crippen molar-refractivity contribution in [1.29, 1.82) is 0 Å². The first kappa shape index (κ1) is 20.4. The maximum atomic E-state index is 12.3. The van der Waals surface area contributed by atoms with Crippen molar-refractivity contribution in [3.63, 3.8) is 0 Å². The molecule has 2 aromatic carbocycles. The monoisotopic (exact) mass is 435 g/mol. The van der Waals surface area contributed by atoms with E-state index in [4.69, 9.17) is 9.15 Å². The second-order valence-electron chi connectivity index (χ2n) is 6.42. The van der Waals surface area contributed by atoms with Crippen LogP contribution in [-0.2, 0) is 4.79 Å². The molecule has 0 saturated carbocycles. The first-order valence-corrected chi connectivity index (χ1v) is 10.2. The van der Waals surface area contributed by atoms with Gasteiger partial charge in [-0.2, -0.15) is 0 Å². The number of amides is 1. The Balaban J connectivity index is 1.50. The van der Waals surface area contributed by atoms with Crippen LogP contribution in [0.1, 0.15) is 12.7 Å².